The average Bonchev–Trinajstić information content (AvgIpc) is 3.37. The highest BCUT2D eigenvalue weighted by Gasteiger charge is 2.32. The zero-order chi connectivity index (χ0) is 30.1. The number of nitrogens with zero attached hydrogens (tertiary/aromatic N) is 2. The number of fused-ring (bicyclic) bond motifs is 1. The maximum Gasteiger partial charge on any atom is 0.264 e. The summed E-state index contributed by atoms with van der Waals surface area (Å²) in [6, 6.07) is 23.2. The molecule has 1 heterocycles. The van der Waals surface area contributed by atoms with Crippen molar-refractivity contribution < 1.29 is 21.6 Å². The molecule has 8 nitrogen and oxygen atoms in total. The Kier molecular flexibility index (Phi) is 8.84. The molecule has 218 valence electrons. The minimum Gasteiger partial charge on any atom is -0.325 e. The smallest absolute Gasteiger partial charge is 0.264 e. The third-order valence-electron chi connectivity index (χ3n) is 6.64. The van der Waals surface area contributed by atoms with Gasteiger partial charge in [-0.25, -0.2) is 16.8 Å². The van der Waals surface area contributed by atoms with Crippen molar-refractivity contribution in [3.63, 3.8) is 0 Å². The number of hydrogen-bond acceptors (Lipinski definition) is 5. The van der Waals surface area contributed by atoms with E-state index in [0.29, 0.717) is 38.4 Å². The first-order valence-electron chi connectivity index (χ1n) is 12.6. The Hall–Kier alpha value is -3.12. The van der Waals surface area contributed by atoms with Crippen molar-refractivity contribution in [3.8, 4) is 0 Å². The predicted octanol–water partition coefficient (Wildman–Crippen LogP) is 6.23. The highest BCUT2D eigenvalue weighted by atomic mass is 35.5. The topological polar surface area (TPSA) is 104 Å². The van der Waals surface area contributed by atoms with Crippen LogP contribution in [0.2, 0.25) is 15.1 Å². The van der Waals surface area contributed by atoms with Crippen molar-refractivity contribution in [3.05, 3.63) is 117 Å². The standard InChI is InChI=1S/C29H24Cl3N3O5S2/c30-22-5-10-26(11-6-22)41(37,38)34(18-20-2-1-3-24(32)16-20)19-29(36)33-25-9-4-21-14-15-35(28(21)17-25)42(39,40)27-12-7-23(31)8-13-27/h1-13,16-17H,14-15,18-19H2,(H,33,36). The minimum atomic E-state index is -4.11. The van der Waals surface area contributed by atoms with Crippen LogP contribution in [0.25, 0.3) is 0 Å². The van der Waals surface area contributed by atoms with E-state index in [-0.39, 0.29) is 22.9 Å². The van der Waals surface area contributed by atoms with Crippen LogP contribution in [0.4, 0.5) is 11.4 Å². The maximum atomic E-state index is 13.6. The van der Waals surface area contributed by atoms with Gasteiger partial charge in [0.15, 0.2) is 0 Å². The molecule has 5 rings (SSSR count). The van der Waals surface area contributed by atoms with Crippen molar-refractivity contribution in [1.82, 2.24) is 4.31 Å². The van der Waals surface area contributed by atoms with E-state index in [9.17, 15) is 21.6 Å². The number of hydrogen-bond donors (Lipinski definition) is 1. The zero-order valence-electron chi connectivity index (χ0n) is 21.9. The molecule has 0 spiro atoms. The quantitative estimate of drug-likeness (QED) is 0.229. The van der Waals surface area contributed by atoms with E-state index in [4.69, 9.17) is 34.8 Å². The lowest BCUT2D eigenvalue weighted by molar-refractivity contribution is -0.116. The van der Waals surface area contributed by atoms with Crippen LogP contribution in [0.1, 0.15) is 11.1 Å². The van der Waals surface area contributed by atoms with Crippen LogP contribution in [0.3, 0.4) is 0 Å². The van der Waals surface area contributed by atoms with Gasteiger partial charge in [-0.2, -0.15) is 4.31 Å². The molecule has 0 aliphatic carbocycles. The number of halogens is 3. The predicted molar refractivity (Wildman–Crippen MR) is 165 cm³/mol. The van der Waals surface area contributed by atoms with Crippen LogP contribution in [0.15, 0.2) is 101 Å². The third kappa shape index (κ3) is 6.59. The fourth-order valence-corrected chi connectivity index (χ4v) is 7.94. The van der Waals surface area contributed by atoms with Gasteiger partial charge in [0.05, 0.1) is 22.0 Å². The summed E-state index contributed by atoms with van der Waals surface area (Å²) in [5, 5.41) is 3.94. The molecule has 0 saturated heterocycles. The van der Waals surface area contributed by atoms with E-state index in [1.54, 1.807) is 42.5 Å². The van der Waals surface area contributed by atoms with E-state index < -0.39 is 32.5 Å². The number of rotatable bonds is 9. The molecular weight excluding hydrogens is 641 g/mol. The van der Waals surface area contributed by atoms with Gasteiger partial charge in [0, 0.05) is 33.8 Å². The summed E-state index contributed by atoms with van der Waals surface area (Å²) in [5.41, 5.74) is 2.16. The highest BCUT2D eigenvalue weighted by Crippen LogP contribution is 2.35. The van der Waals surface area contributed by atoms with Gasteiger partial charge in [0.25, 0.3) is 10.0 Å². The van der Waals surface area contributed by atoms with Crippen molar-refractivity contribution in [1.29, 1.82) is 0 Å². The molecule has 0 bridgehead atoms. The molecule has 13 heteroatoms. The molecule has 42 heavy (non-hydrogen) atoms. The van der Waals surface area contributed by atoms with Crippen LogP contribution in [0.5, 0.6) is 0 Å². The Bertz CT molecular complexity index is 1850. The van der Waals surface area contributed by atoms with E-state index >= 15 is 0 Å². The second kappa shape index (κ2) is 12.2. The molecule has 0 fully saturated rings. The lowest BCUT2D eigenvalue weighted by Crippen LogP contribution is -2.37. The summed E-state index contributed by atoms with van der Waals surface area (Å²) < 4.78 is 56.2. The molecule has 1 aliphatic heterocycles. The van der Waals surface area contributed by atoms with Gasteiger partial charge in [-0.3, -0.25) is 9.10 Å². The Labute approximate surface area is 259 Å². The maximum absolute atomic E-state index is 13.6. The van der Waals surface area contributed by atoms with E-state index in [1.165, 1.54) is 52.8 Å². The molecule has 0 unspecified atom stereocenters. The number of carbonyl (C=O) groups excluding carboxylic acids is 1. The summed E-state index contributed by atoms with van der Waals surface area (Å²) >= 11 is 18.0. The number of benzene rings is 4. The van der Waals surface area contributed by atoms with E-state index in [0.717, 1.165) is 9.87 Å². The Morgan fingerprint density at radius 2 is 1.43 bits per heavy atom. The van der Waals surface area contributed by atoms with Gasteiger partial charge in [-0.1, -0.05) is 53.0 Å². The third-order valence-corrected chi connectivity index (χ3v) is 11.0. The fourth-order valence-electron chi connectivity index (χ4n) is 4.59. The van der Waals surface area contributed by atoms with Crippen LogP contribution in [-0.2, 0) is 37.8 Å². The molecule has 4 aromatic carbocycles. The van der Waals surface area contributed by atoms with Crippen LogP contribution in [0, 0.1) is 0 Å². The average molecular weight is 665 g/mol. The van der Waals surface area contributed by atoms with Gasteiger partial charge >= 0.3 is 0 Å². The Morgan fingerprint density at radius 3 is 2.07 bits per heavy atom. The summed E-state index contributed by atoms with van der Waals surface area (Å²) in [6.45, 7) is -0.387. The molecule has 0 atom stereocenters. The highest BCUT2D eigenvalue weighted by molar-refractivity contribution is 7.92. The molecular formula is C29H24Cl3N3O5S2. The number of sulfonamides is 2. The van der Waals surface area contributed by atoms with E-state index in [1.807, 2.05) is 0 Å². The van der Waals surface area contributed by atoms with Gasteiger partial charge < -0.3 is 5.32 Å². The molecule has 1 aliphatic rings. The van der Waals surface area contributed by atoms with Crippen molar-refractivity contribution in [2.75, 3.05) is 22.7 Å². The first-order valence-corrected chi connectivity index (χ1v) is 16.7. The number of carbonyl (C=O) groups is 1. The lowest BCUT2D eigenvalue weighted by Gasteiger charge is -2.23. The molecule has 1 amide bonds. The minimum absolute atomic E-state index is 0.0256. The second-order valence-corrected chi connectivity index (χ2v) is 14.6. The fraction of sp³-hybridized carbons (Fsp3) is 0.138. The summed E-state index contributed by atoms with van der Waals surface area (Å²) in [5.74, 6) is -0.611. The summed E-state index contributed by atoms with van der Waals surface area (Å²) in [7, 11) is -7.98. The largest absolute Gasteiger partial charge is 0.325 e. The van der Waals surface area contributed by atoms with E-state index in [2.05, 4.69) is 5.32 Å². The zero-order valence-corrected chi connectivity index (χ0v) is 25.8. The second-order valence-electron chi connectivity index (χ2n) is 9.53. The van der Waals surface area contributed by atoms with Gasteiger partial charge in [-0.15, -0.1) is 0 Å². The van der Waals surface area contributed by atoms with Gasteiger partial charge in [0.1, 0.15) is 0 Å². The number of nitrogens with one attached hydrogen (secondary N) is 1. The van der Waals surface area contributed by atoms with Crippen molar-refractivity contribution >= 4 is 72.1 Å². The van der Waals surface area contributed by atoms with Crippen LogP contribution < -0.4 is 9.62 Å². The van der Waals surface area contributed by atoms with Gasteiger partial charge in [-0.05, 0) is 90.3 Å². The first kappa shape index (κ1) is 30.3. The number of amides is 1. The lowest BCUT2D eigenvalue weighted by atomic mass is 10.1. The molecule has 0 saturated carbocycles. The monoisotopic (exact) mass is 663 g/mol. The van der Waals surface area contributed by atoms with Crippen molar-refractivity contribution in [2.45, 2.75) is 22.8 Å². The number of anilines is 2. The Balaban J connectivity index is 1.39. The van der Waals surface area contributed by atoms with Crippen LogP contribution >= 0.6 is 34.8 Å². The van der Waals surface area contributed by atoms with Crippen molar-refractivity contribution in [2.24, 2.45) is 0 Å². The molecule has 4 aromatic rings. The van der Waals surface area contributed by atoms with Gasteiger partial charge in [0.2, 0.25) is 15.9 Å². The molecule has 0 radical (unpaired) electrons. The summed E-state index contributed by atoms with van der Waals surface area (Å²) in [4.78, 5) is 13.3. The summed E-state index contributed by atoms with van der Waals surface area (Å²) in [6.07, 6.45) is 0.503. The molecule has 0 aromatic heterocycles. The van der Waals surface area contributed by atoms with Crippen LogP contribution in [-0.4, -0.2) is 40.1 Å². The molecule has 1 N–H and O–H groups in total. The normalized spacial score (nSPS) is 13.3. The SMILES string of the molecule is O=C(CN(Cc1cccc(Cl)c1)S(=O)(=O)c1ccc(Cl)cc1)Nc1ccc2c(c1)N(S(=O)(=O)c1ccc(Cl)cc1)CC2. The first-order chi connectivity index (χ1) is 19.9. The Morgan fingerprint density at radius 1 is 0.786 bits per heavy atom.